The first-order valence-corrected chi connectivity index (χ1v) is 5.30. The van der Waals surface area contributed by atoms with Crippen molar-refractivity contribution >= 4 is 27.4 Å². The number of aliphatic hydroxyl groups is 1. The Labute approximate surface area is 90.9 Å². The fraction of sp³-hybridized carbons (Fsp3) is 0.444. The first kappa shape index (κ1) is 9.73. The smallest absolute Gasteiger partial charge is 0.143 e. The Kier molecular flexibility index (Phi) is 2.60. The van der Waals surface area contributed by atoms with Gasteiger partial charge >= 0.3 is 0 Å². The molecular formula is C9H12BrN3O. The zero-order valence-corrected chi connectivity index (χ0v) is 9.24. The van der Waals surface area contributed by atoms with Crippen LogP contribution in [0.4, 0.5) is 11.5 Å². The summed E-state index contributed by atoms with van der Waals surface area (Å²) >= 11 is 3.41. The number of aromatic nitrogens is 1. The van der Waals surface area contributed by atoms with E-state index in [0.29, 0.717) is 12.2 Å². The highest BCUT2D eigenvalue weighted by molar-refractivity contribution is 9.10. The summed E-state index contributed by atoms with van der Waals surface area (Å²) in [6.07, 6.45) is 2.20. The molecule has 2 heterocycles. The van der Waals surface area contributed by atoms with E-state index in [1.807, 2.05) is 11.0 Å². The van der Waals surface area contributed by atoms with Gasteiger partial charge in [0.1, 0.15) is 5.82 Å². The summed E-state index contributed by atoms with van der Waals surface area (Å²) in [5.74, 6) is 0.857. The number of anilines is 2. The average Bonchev–Trinajstić information content (AvgIpc) is 2.51. The van der Waals surface area contributed by atoms with Gasteiger partial charge in [0.2, 0.25) is 0 Å². The number of pyridine rings is 1. The number of β-amino-alcohol motifs (C(OH)–C–C–N with tert-alkyl or cyclic N) is 1. The van der Waals surface area contributed by atoms with Crippen LogP contribution in [0.1, 0.15) is 6.42 Å². The summed E-state index contributed by atoms with van der Waals surface area (Å²) in [5, 5.41) is 9.40. The van der Waals surface area contributed by atoms with Crippen molar-refractivity contribution in [3.63, 3.8) is 0 Å². The van der Waals surface area contributed by atoms with E-state index in [2.05, 4.69) is 20.9 Å². The quantitative estimate of drug-likeness (QED) is 0.788. The number of hydrogen-bond donors (Lipinski definition) is 2. The SMILES string of the molecule is Nc1cnc(N2CCC(O)C2)c(Br)c1. The number of hydrogen-bond acceptors (Lipinski definition) is 4. The molecule has 14 heavy (non-hydrogen) atoms. The maximum atomic E-state index is 9.40. The largest absolute Gasteiger partial charge is 0.397 e. The number of nitrogens with zero attached hydrogens (tertiary/aromatic N) is 2. The van der Waals surface area contributed by atoms with Gasteiger partial charge in [0.15, 0.2) is 0 Å². The molecular weight excluding hydrogens is 246 g/mol. The molecule has 1 fully saturated rings. The van der Waals surface area contributed by atoms with Gasteiger partial charge in [-0.05, 0) is 28.4 Å². The first-order chi connectivity index (χ1) is 6.66. The van der Waals surface area contributed by atoms with Crippen LogP contribution in [0.25, 0.3) is 0 Å². The molecule has 1 aromatic heterocycles. The number of nitrogens with two attached hydrogens (primary N) is 1. The molecule has 1 unspecified atom stereocenters. The van der Waals surface area contributed by atoms with Gasteiger partial charge < -0.3 is 15.7 Å². The van der Waals surface area contributed by atoms with Gasteiger partial charge in [-0.1, -0.05) is 0 Å². The minimum atomic E-state index is -0.235. The van der Waals surface area contributed by atoms with Gasteiger partial charge in [-0.25, -0.2) is 4.98 Å². The molecule has 1 aliphatic heterocycles. The lowest BCUT2D eigenvalue weighted by Gasteiger charge is -2.17. The van der Waals surface area contributed by atoms with E-state index in [0.717, 1.165) is 23.3 Å². The van der Waals surface area contributed by atoms with Crippen LogP contribution in [0.5, 0.6) is 0 Å². The molecule has 0 aromatic carbocycles. The molecule has 0 radical (unpaired) electrons. The first-order valence-electron chi connectivity index (χ1n) is 4.51. The Morgan fingerprint density at radius 3 is 3.00 bits per heavy atom. The standard InChI is InChI=1S/C9H12BrN3O/c10-8-3-6(11)4-12-9(8)13-2-1-7(14)5-13/h3-4,7,14H,1-2,5,11H2. The van der Waals surface area contributed by atoms with Crippen molar-refractivity contribution in [3.8, 4) is 0 Å². The molecule has 1 saturated heterocycles. The second-order valence-electron chi connectivity index (χ2n) is 3.46. The van der Waals surface area contributed by atoms with Crippen LogP contribution in [0.15, 0.2) is 16.7 Å². The second-order valence-corrected chi connectivity index (χ2v) is 4.32. The van der Waals surface area contributed by atoms with Crippen LogP contribution < -0.4 is 10.6 Å². The number of rotatable bonds is 1. The van der Waals surface area contributed by atoms with Crippen molar-refractivity contribution in [1.82, 2.24) is 4.98 Å². The summed E-state index contributed by atoms with van der Waals surface area (Å²) in [4.78, 5) is 6.29. The van der Waals surface area contributed by atoms with E-state index < -0.39 is 0 Å². The number of aliphatic hydroxyl groups excluding tert-OH is 1. The topological polar surface area (TPSA) is 62.4 Å². The van der Waals surface area contributed by atoms with Crippen LogP contribution in [-0.2, 0) is 0 Å². The lowest BCUT2D eigenvalue weighted by molar-refractivity contribution is 0.198. The Bertz CT molecular complexity index is 345. The Balaban J connectivity index is 2.24. The van der Waals surface area contributed by atoms with Crippen molar-refractivity contribution in [2.45, 2.75) is 12.5 Å². The third kappa shape index (κ3) is 1.83. The summed E-state index contributed by atoms with van der Waals surface area (Å²) < 4.78 is 0.881. The van der Waals surface area contributed by atoms with Crippen molar-refractivity contribution in [2.24, 2.45) is 0 Å². The van der Waals surface area contributed by atoms with Gasteiger partial charge in [0.05, 0.1) is 22.5 Å². The molecule has 0 spiro atoms. The van der Waals surface area contributed by atoms with Gasteiger partial charge in [0, 0.05) is 13.1 Å². The number of halogens is 1. The van der Waals surface area contributed by atoms with Crippen LogP contribution in [0, 0.1) is 0 Å². The maximum Gasteiger partial charge on any atom is 0.143 e. The van der Waals surface area contributed by atoms with Gasteiger partial charge in [0.25, 0.3) is 0 Å². The highest BCUT2D eigenvalue weighted by Gasteiger charge is 2.22. The molecule has 1 atom stereocenters. The summed E-state index contributed by atoms with van der Waals surface area (Å²) in [6, 6.07) is 1.83. The van der Waals surface area contributed by atoms with Gasteiger partial charge in [-0.3, -0.25) is 0 Å². The van der Waals surface area contributed by atoms with Crippen molar-refractivity contribution in [1.29, 1.82) is 0 Å². The third-order valence-electron chi connectivity index (χ3n) is 2.31. The third-order valence-corrected chi connectivity index (χ3v) is 2.89. The van der Waals surface area contributed by atoms with Gasteiger partial charge in [-0.15, -0.1) is 0 Å². The predicted molar refractivity (Wildman–Crippen MR) is 59.2 cm³/mol. The van der Waals surface area contributed by atoms with Crippen molar-refractivity contribution in [2.75, 3.05) is 23.7 Å². The van der Waals surface area contributed by atoms with Crippen molar-refractivity contribution in [3.05, 3.63) is 16.7 Å². The predicted octanol–water partition coefficient (Wildman–Crippen LogP) is 0.997. The van der Waals surface area contributed by atoms with E-state index in [1.54, 1.807) is 6.20 Å². The normalized spacial score (nSPS) is 21.6. The molecule has 0 aliphatic carbocycles. The highest BCUT2D eigenvalue weighted by atomic mass is 79.9. The molecule has 5 heteroatoms. The lowest BCUT2D eigenvalue weighted by atomic mass is 10.3. The van der Waals surface area contributed by atoms with E-state index in [1.165, 1.54) is 0 Å². The van der Waals surface area contributed by atoms with E-state index in [4.69, 9.17) is 5.73 Å². The fourth-order valence-electron chi connectivity index (χ4n) is 1.61. The molecule has 0 saturated carbocycles. The molecule has 1 aliphatic rings. The minimum Gasteiger partial charge on any atom is -0.397 e. The van der Waals surface area contributed by atoms with E-state index >= 15 is 0 Å². The molecule has 0 amide bonds. The van der Waals surface area contributed by atoms with Crippen LogP contribution >= 0.6 is 15.9 Å². The molecule has 1 aromatic rings. The lowest BCUT2D eigenvalue weighted by Crippen LogP contribution is -2.22. The number of nitrogen functional groups attached to an aromatic ring is 1. The molecule has 76 valence electrons. The van der Waals surface area contributed by atoms with Crippen LogP contribution in [-0.4, -0.2) is 29.3 Å². The highest BCUT2D eigenvalue weighted by Crippen LogP contribution is 2.27. The summed E-state index contributed by atoms with van der Waals surface area (Å²) in [6.45, 7) is 1.49. The van der Waals surface area contributed by atoms with Crippen molar-refractivity contribution < 1.29 is 5.11 Å². The maximum absolute atomic E-state index is 9.40. The van der Waals surface area contributed by atoms with E-state index in [9.17, 15) is 5.11 Å². The zero-order valence-electron chi connectivity index (χ0n) is 7.65. The average molecular weight is 258 g/mol. The second kappa shape index (κ2) is 3.74. The summed E-state index contributed by atoms with van der Waals surface area (Å²) in [7, 11) is 0. The summed E-state index contributed by atoms with van der Waals surface area (Å²) in [5.41, 5.74) is 6.23. The Morgan fingerprint density at radius 2 is 2.43 bits per heavy atom. The monoisotopic (exact) mass is 257 g/mol. The molecule has 2 rings (SSSR count). The Hall–Kier alpha value is -0.810. The van der Waals surface area contributed by atoms with Crippen LogP contribution in [0.3, 0.4) is 0 Å². The Morgan fingerprint density at radius 1 is 1.64 bits per heavy atom. The van der Waals surface area contributed by atoms with Crippen LogP contribution in [0.2, 0.25) is 0 Å². The zero-order chi connectivity index (χ0) is 10.1. The molecule has 4 nitrogen and oxygen atoms in total. The molecule has 0 bridgehead atoms. The minimum absolute atomic E-state index is 0.235. The van der Waals surface area contributed by atoms with E-state index in [-0.39, 0.29) is 6.10 Å². The molecule has 3 N–H and O–H groups in total. The van der Waals surface area contributed by atoms with Gasteiger partial charge in [-0.2, -0.15) is 0 Å². The fourth-order valence-corrected chi connectivity index (χ4v) is 2.23.